The summed E-state index contributed by atoms with van der Waals surface area (Å²) in [6.45, 7) is 2.05. The summed E-state index contributed by atoms with van der Waals surface area (Å²) in [5, 5.41) is 4.34. The standard InChI is InChI=1S/C61H42N2O2/c1-2-18-45(39-40-62-44-23-10-5-11-24-44)63(46-35-33-41(34-36-46)47-27-16-28-49-48-25-13-15-32-56(48)64-58(47)49)55-31-17-29-50-51-37-38-54-57(60(51)65-59(50)55)52-26-12-14-30-53(52)61(54,42-19-6-3-7-20-42)43-21-8-4-9-22-43/h2-40H,1H3/b18-2-,45-39+,62-40+. The van der Waals surface area contributed by atoms with Crippen LogP contribution in [0, 0.1) is 0 Å². The highest BCUT2D eigenvalue weighted by atomic mass is 16.3. The topological polar surface area (TPSA) is 41.9 Å². The van der Waals surface area contributed by atoms with Gasteiger partial charge >= 0.3 is 0 Å². The maximum Gasteiger partial charge on any atom is 0.159 e. The second-order valence-electron chi connectivity index (χ2n) is 16.5. The van der Waals surface area contributed by atoms with Gasteiger partial charge in [-0.1, -0.05) is 182 Å². The number of hydrogen-bond donors (Lipinski definition) is 0. The molecule has 0 bridgehead atoms. The number of aliphatic imine (C=N–C) groups is 1. The van der Waals surface area contributed by atoms with Gasteiger partial charge in [0.1, 0.15) is 16.7 Å². The fraction of sp³-hybridized carbons (Fsp3) is 0.0328. The highest BCUT2D eigenvalue weighted by Crippen LogP contribution is 2.58. The Morgan fingerprint density at radius 3 is 1.86 bits per heavy atom. The molecule has 0 atom stereocenters. The molecule has 0 radical (unpaired) electrons. The molecule has 1 aliphatic rings. The van der Waals surface area contributed by atoms with Crippen LogP contribution >= 0.6 is 0 Å². The number of benzene rings is 9. The van der Waals surface area contributed by atoms with E-state index >= 15 is 0 Å². The first-order valence-corrected chi connectivity index (χ1v) is 22.1. The van der Waals surface area contributed by atoms with Gasteiger partial charge in [-0.05, 0) is 88.9 Å². The van der Waals surface area contributed by atoms with Gasteiger partial charge in [-0.2, -0.15) is 0 Å². The molecule has 1 aliphatic carbocycles. The van der Waals surface area contributed by atoms with Crippen molar-refractivity contribution in [2.24, 2.45) is 4.99 Å². The molecule has 2 aromatic heterocycles. The fourth-order valence-corrected chi connectivity index (χ4v) is 10.2. The van der Waals surface area contributed by atoms with Crippen molar-refractivity contribution in [1.82, 2.24) is 0 Å². The van der Waals surface area contributed by atoms with Gasteiger partial charge in [-0.3, -0.25) is 4.99 Å². The van der Waals surface area contributed by atoms with Crippen molar-refractivity contribution in [2.75, 3.05) is 4.90 Å². The average Bonchev–Trinajstić information content (AvgIpc) is 4.04. The zero-order valence-electron chi connectivity index (χ0n) is 35.7. The van der Waals surface area contributed by atoms with Crippen molar-refractivity contribution < 1.29 is 8.83 Å². The van der Waals surface area contributed by atoms with Gasteiger partial charge in [0.2, 0.25) is 0 Å². The third kappa shape index (κ3) is 6.10. The summed E-state index contributed by atoms with van der Waals surface area (Å²) >= 11 is 0. The molecule has 0 fully saturated rings. The Hall–Kier alpha value is -8.47. The van der Waals surface area contributed by atoms with Crippen LogP contribution in [0.4, 0.5) is 17.1 Å². The van der Waals surface area contributed by atoms with Crippen LogP contribution in [0.25, 0.3) is 66.1 Å². The van der Waals surface area contributed by atoms with Crippen molar-refractivity contribution in [3.8, 4) is 22.3 Å². The molecule has 9 aromatic carbocycles. The number of fused-ring (bicyclic) bond motifs is 10. The van der Waals surface area contributed by atoms with Crippen LogP contribution in [0.2, 0.25) is 0 Å². The molecule has 0 N–H and O–H groups in total. The van der Waals surface area contributed by atoms with Crippen LogP contribution in [0.15, 0.2) is 250 Å². The molecule has 65 heavy (non-hydrogen) atoms. The highest BCUT2D eigenvalue weighted by Gasteiger charge is 2.47. The third-order valence-electron chi connectivity index (χ3n) is 13.0. The molecule has 0 amide bonds. The van der Waals surface area contributed by atoms with E-state index < -0.39 is 5.41 Å². The lowest BCUT2D eigenvalue weighted by Crippen LogP contribution is -2.28. The van der Waals surface area contributed by atoms with E-state index in [2.05, 4.69) is 193 Å². The van der Waals surface area contributed by atoms with E-state index in [4.69, 9.17) is 13.8 Å². The summed E-state index contributed by atoms with van der Waals surface area (Å²) in [5.74, 6) is 0. The summed E-state index contributed by atoms with van der Waals surface area (Å²) in [6.07, 6.45) is 8.15. The maximum absolute atomic E-state index is 7.38. The largest absolute Gasteiger partial charge is 0.455 e. The number of nitrogens with zero attached hydrogens (tertiary/aromatic N) is 2. The molecule has 0 saturated heterocycles. The SMILES string of the molecule is C\C=C/C(=C\C=N\c1ccccc1)N(c1ccc(-c2cccc3c2oc2ccccc23)cc1)c1cccc2c1oc1c3c(ccc12)C(c1ccccc1)(c1ccccc1)c1ccccc1-3. The van der Waals surface area contributed by atoms with Crippen LogP contribution in [-0.2, 0) is 5.41 Å². The van der Waals surface area contributed by atoms with E-state index in [9.17, 15) is 0 Å². The first kappa shape index (κ1) is 38.2. The quantitative estimate of drug-likeness (QED) is 0.107. The Morgan fingerprint density at radius 2 is 1.11 bits per heavy atom. The number of anilines is 2. The van der Waals surface area contributed by atoms with Crippen molar-refractivity contribution in [2.45, 2.75) is 12.3 Å². The van der Waals surface area contributed by atoms with Gasteiger partial charge in [-0.15, -0.1) is 0 Å². The molecule has 308 valence electrons. The monoisotopic (exact) mass is 834 g/mol. The first-order valence-electron chi connectivity index (χ1n) is 22.1. The Bertz CT molecular complexity index is 3610. The van der Waals surface area contributed by atoms with E-state index in [1.54, 1.807) is 0 Å². The minimum atomic E-state index is -0.537. The zero-order chi connectivity index (χ0) is 43.3. The van der Waals surface area contributed by atoms with Gasteiger partial charge in [0, 0.05) is 50.3 Å². The van der Waals surface area contributed by atoms with Crippen LogP contribution in [0.1, 0.15) is 29.2 Å². The Morgan fingerprint density at radius 1 is 0.492 bits per heavy atom. The molecule has 12 rings (SSSR count). The van der Waals surface area contributed by atoms with Crippen LogP contribution in [0.5, 0.6) is 0 Å². The minimum Gasteiger partial charge on any atom is -0.455 e. The minimum absolute atomic E-state index is 0.537. The fourth-order valence-electron chi connectivity index (χ4n) is 10.2. The van der Waals surface area contributed by atoms with E-state index in [1.165, 1.54) is 27.8 Å². The zero-order valence-corrected chi connectivity index (χ0v) is 35.7. The predicted molar refractivity (Wildman–Crippen MR) is 270 cm³/mol. The second kappa shape index (κ2) is 15.7. The lowest BCUT2D eigenvalue weighted by atomic mass is 9.68. The van der Waals surface area contributed by atoms with E-state index in [0.29, 0.717) is 0 Å². The third-order valence-corrected chi connectivity index (χ3v) is 13.0. The lowest BCUT2D eigenvalue weighted by Gasteiger charge is -2.33. The van der Waals surface area contributed by atoms with Crippen molar-refractivity contribution in [3.63, 3.8) is 0 Å². The molecular formula is C61H42N2O2. The molecular weight excluding hydrogens is 793 g/mol. The van der Waals surface area contributed by atoms with Crippen molar-refractivity contribution in [3.05, 3.63) is 259 Å². The molecule has 0 spiro atoms. The highest BCUT2D eigenvalue weighted by molar-refractivity contribution is 6.15. The van der Waals surface area contributed by atoms with E-state index in [1.807, 2.05) is 55.6 Å². The van der Waals surface area contributed by atoms with Crippen LogP contribution in [0.3, 0.4) is 0 Å². The van der Waals surface area contributed by atoms with Gasteiger partial charge in [0.05, 0.1) is 16.8 Å². The lowest BCUT2D eigenvalue weighted by molar-refractivity contribution is 0.668. The van der Waals surface area contributed by atoms with Crippen LogP contribution in [-0.4, -0.2) is 6.21 Å². The first-order chi connectivity index (χ1) is 32.2. The Labute approximate surface area is 377 Å². The summed E-state index contributed by atoms with van der Waals surface area (Å²) in [6, 6.07) is 75.2. The normalized spacial score (nSPS) is 13.4. The molecule has 0 aliphatic heterocycles. The van der Waals surface area contributed by atoms with Crippen molar-refractivity contribution >= 4 is 67.2 Å². The average molecular weight is 835 g/mol. The molecule has 0 saturated carbocycles. The number of furan rings is 2. The van der Waals surface area contributed by atoms with Gasteiger partial charge in [-0.25, -0.2) is 0 Å². The number of rotatable bonds is 9. The summed E-state index contributed by atoms with van der Waals surface area (Å²) in [5.41, 5.74) is 15.9. The second-order valence-corrected chi connectivity index (χ2v) is 16.5. The van der Waals surface area contributed by atoms with Crippen LogP contribution < -0.4 is 4.90 Å². The van der Waals surface area contributed by atoms with Gasteiger partial charge in [0.25, 0.3) is 0 Å². The number of allylic oxidation sites excluding steroid dienone is 3. The maximum atomic E-state index is 7.38. The van der Waals surface area contributed by atoms with E-state index in [0.717, 1.165) is 83.3 Å². The predicted octanol–water partition coefficient (Wildman–Crippen LogP) is 16.5. The molecule has 4 nitrogen and oxygen atoms in total. The Kier molecular flexibility index (Phi) is 9.24. The molecule has 11 aromatic rings. The smallest absolute Gasteiger partial charge is 0.159 e. The Balaban J connectivity index is 1.07. The molecule has 4 heteroatoms. The summed E-state index contributed by atoms with van der Waals surface area (Å²) in [4.78, 5) is 7.10. The van der Waals surface area contributed by atoms with Gasteiger partial charge < -0.3 is 13.7 Å². The number of para-hydroxylation sites is 4. The number of hydrogen-bond acceptors (Lipinski definition) is 4. The summed E-state index contributed by atoms with van der Waals surface area (Å²) in [7, 11) is 0. The van der Waals surface area contributed by atoms with Gasteiger partial charge in [0.15, 0.2) is 5.58 Å². The molecule has 0 unspecified atom stereocenters. The van der Waals surface area contributed by atoms with Crippen molar-refractivity contribution in [1.29, 1.82) is 0 Å². The summed E-state index contributed by atoms with van der Waals surface area (Å²) < 4.78 is 13.9. The van der Waals surface area contributed by atoms with E-state index in [-0.39, 0.29) is 0 Å². The molecule has 2 heterocycles.